The molecule has 0 aliphatic carbocycles. The smallest absolute Gasteiger partial charge is 0.220 e. The summed E-state index contributed by atoms with van der Waals surface area (Å²) in [6.07, 6.45) is 5.18. The zero-order valence-corrected chi connectivity index (χ0v) is 15.3. The number of nitrogens with one attached hydrogen (secondary N) is 2. The topological polar surface area (TPSA) is 101 Å². The van der Waals surface area contributed by atoms with E-state index in [0.717, 1.165) is 28.3 Å². The molecular weight excluding hydrogens is 330 g/mol. The van der Waals surface area contributed by atoms with Gasteiger partial charge in [-0.25, -0.2) is 4.98 Å². The Hall–Kier alpha value is -3.03. The van der Waals surface area contributed by atoms with Gasteiger partial charge in [-0.15, -0.1) is 0 Å². The molecule has 0 saturated carbocycles. The number of hydrogen-bond acceptors (Lipinski definition) is 5. The van der Waals surface area contributed by atoms with E-state index in [2.05, 4.69) is 30.6 Å². The average molecular weight is 353 g/mol. The molecule has 0 aliphatic rings. The van der Waals surface area contributed by atoms with Crippen LogP contribution in [-0.2, 0) is 24.7 Å². The van der Waals surface area contributed by atoms with Crippen molar-refractivity contribution in [3.63, 3.8) is 0 Å². The second-order valence-electron chi connectivity index (χ2n) is 6.22. The molecule has 0 atom stereocenters. The highest BCUT2D eigenvalue weighted by atomic mass is 16.1. The molecule has 0 aliphatic heterocycles. The fourth-order valence-electron chi connectivity index (χ4n) is 2.86. The zero-order valence-electron chi connectivity index (χ0n) is 15.3. The number of carbonyl (C=O) groups is 1. The summed E-state index contributed by atoms with van der Waals surface area (Å²) in [7, 11) is 1.92. The van der Waals surface area contributed by atoms with Gasteiger partial charge in [0.1, 0.15) is 5.82 Å². The van der Waals surface area contributed by atoms with Gasteiger partial charge >= 0.3 is 0 Å². The van der Waals surface area contributed by atoms with Crippen LogP contribution in [0.2, 0.25) is 0 Å². The number of hydrogen-bond donors (Lipinski definition) is 2. The van der Waals surface area contributed by atoms with E-state index in [1.165, 1.54) is 0 Å². The Bertz CT molecular complexity index is 882. The molecule has 2 N–H and O–H groups in total. The van der Waals surface area contributed by atoms with Crippen molar-refractivity contribution in [2.45, 2.75) is 33.1 Å². The molecular formula is C18H23N7O. The van der Waals surface area contributed by atoms with Crippen LogP contribution in [0.5, 0.6) is 0 Å². The van der Waals surface area contributed by atoms with Crippen LogP contribution in [0, 0.1) is 13.8 Å². The molecule has 8 nitrogen and oxygen atoms in total. The van der Waals surface area contributed by atoms with E-state index in [9.17, 15) is 4.79 Å². The Morgan fingerprint density at radius 3 is 2.85 bits per heavy atom. The molecule has 136 valence electrons. The molecule has 0 spiro atoms. The summed E-state index contributed by atoms with van der Waals surface area (Å²) in [5, 5.41) is 14.4. The molecule has 0 bridgehead atoms. The number of nitrogens with zero attached hydrogens (tertiary/aromatic N) is 5. The number of pyridine rings is 1. The minimum Gasteiger partial charge on any atom is -0.356 e. The van der Waals surface area contributed by atoms with Crippen LogP contribution in [0.4, 0.5) is 0 Å². The molecule has 8 heteroatoms. The van der Waals surface area contributed by atoms with Crippen molar-refractivity contribution in [3.05, 3.63) is 47.3 Å². The first kappa shape index (κ1) is 17.8. The summed E-state index contributed by atoms with van der Waals surface area (Å²) < 4.78 is 1.85. The average Bonchev–Trinajstić information content (AvgIpc) is 3.20. The summed E-state index contributed by atoms with van der Waals surface area (Å²) in [5.41, 5.74) is 4.11. The lowest BCUT2D eigenvalue weighted by Crippen LogP contribution is -2.26. The standard InChI is InChI=1S/C18H23N7O/c1-12-15(13(2)25(3)24-12)6-7-17(26)20-10-8-16-21-18(23-22-16)14-5-4-9-19-11-14/h4-5,9,11H,6-8,10H2,1-3H3,(H,20,26)(H,21,22,23). The summed E-state index contributed by atoms with van der Waals surface area (Å²) in [4.78, 5) is 20.6. The quantitative estimate of drug-likeness (QED) is 0.670. The molecule has 0 fully saturated rings. The highest BCUT2D eigenvalue weighted by Crippen LogP contribution is 2.14. The van der Waals surface area contributed by atoms with Gasteiger partial charge in [0.2, 0.25) is 5.91 Å². The Kier molecular flexibility index (Phi) is 5.40. The molecule has 3 aromatic rings. The Morgan fingerprint density at radius 1 is 1.31 bits per heavy atom. The van der Waals surface area contributed by atoms with Crippen molar-refractivity contribution in [2.24, 2.45) is 7.05 Å². The van der Waals surface area contributed by atoms with Crippen LogP contribution in [0.15, 0.2) is 24.5 Å². The van der Waals surface area contributed by atoms with E-state index in [0.29, 0.717) is 31.6 Å². The zero-order chi connectivity index (χ0) is 18.5. The van der Waals surface area contributed by atoms with Gasteiger partial charge in [0, 0.05) is 50.1 Å². The molecule has 0 aromatic carbocycles. The highest BCUT2D eigenvalue weighted by Gasteiger charge is 2.11. The maximum Gasteiger partial charge on any atom is 0.220 e. The van der Waals surface area contributed by atoms with Crippen LogP contribution >= 0.6 is 0 Å². The lowest BCUT2D eigenvalue weighted by atomic mass is 10.1. The largest absolute Gasteiger partial charge is 0.356 e. The predicted octanol–water partition coefficient (Wildman–Crippen LogP) is 1.51. The van der Waals surface area contributed by atoms with Crippen molar-refractivity contribution in [2.75, 3.05) is 6.54 Å². The van der Waals surface area contributed by atoms with Crippen molar-refractivity contribution in [1.82, 2.24) is 35.3 Å². The first-order chi connectivity index (χ1) is 12.5. The highest BCUT2D eigenvalue weighted by molar-refractivity contribution is 5.76. The predicted molar refractivity (Wildman–Crippen MR) is 97.3 cm³/mol. The van der Waals surface area contributed by atoms with Crippen molar-refractivity contribution in [1.29, 1.82) is 0 Å². The number of H-pyrrole nitrogens is 1. The Balaban J connectivity index is 1.45. The molecule has 0 unspecified atom stereocenters. The molecule has 3 rings (SSSR count). The van der Waals surface area contributed by atoms with E-state index in [-0.39, 0.29) is 5.91 Å². The first-order valence-electron chi connectivity index (χ1n) is 8.62. The number of aryl methyl sites for hydroxylation is 2. The lowest BCUT2D eigenvalue weighted by Gasteiger charge is -2.04. The van der Waals surface area contributed by atoms with E-state index in [4.69, 9.17) is 0 Å². The fraction of sp³-hybridized carbons (Fsp3) is 0.389. The first-order valence-corrected chi connectivity index (χ1v) is 8.62. The lowest BCUT2D eigenvalue weighted by molar-refractivity contribution is -0.121. The van der Waals surface area contributed by atoms with Gasteiger partial charge in [0.05, 0.1) is 5.69 Å². The number of aromatic nitrogens is 6. The van der Waals surface area contributed by atoms with Crippen molar-refractivity contribution < 1.29 is 4.79 Å². The van der Waals surface area contributed by atoms with Gasteiger partial charge < -0.3 is 5.32 Å². The maximum absolute atomic E-state index is 12.1. The molecule has 3 aromatic heterocycles. The van der Waals surface area contributed by atoms with Gasteiger partial charge in [-0.05, 0) is 38.0 Å². The second-order valence-corrected chi connectivity index (χ2v) is 6.22. The van der Waals surface area contributed by atoms with Gasteiger partial charge in [-0.3, -0.25) is 19.6 Å². The van der Waals surface area contributed by atoms with Crippen LogP contribution in [0.25, 0.3) is 11.4 Å². The van der Waals surface area contributed by atoms with E-state index in [1.54, 1.807) is 12.4 Å². The van der Waals surface area contributed by atoms with Gasteiger partial charge in [-0.1, -0.05) is 0 Å². The maximum atomic E-state index is 12.1. The van der Waals surface area contributed by atoms with Crippen LogP contribution < -0.4 is 5.32 Å². The Labute approximate surface area is 152 Å². The molecule has 26 heavy (non-hydrogen) atoms. The third-order valence-corrected chi connectivity index (χ3v) is 4.40. The normalized spacial score (nSPS) is 10.9. The van der Waals surface area contributed by atoms with Crippen LogP contribution in [-0.4, -0.2) is 42.4 Å². The SMILES string of the molecule is Cc1nn(C)c(C)c1CCC(=O)NCCc1nc(-c2cccnc2)n[nH]1. The Morgan fingerprint density at radius 2 is 2.15 bits per heavy atom. The van der Waals surface area contributed by atoms with E-state index in [1.807, 2.05) is 37.7 Å². The van der Waals surface area contributed by atoms with Crippen molar-refractivity contribution in [3.8, 4) is 11.4 Å². The molecule has 1 amide bonds. The van der Waals surface area contributed by atoms with Crippen LogP contribution in [0.3, 0.4) is 0 Å². The summed E-state index contributed by atoms with van der Waals surface area (Å²) >= 11 is 0. The van der Waals surface area contributed by atoms with Crippen molar-refractivity contribution >= 4 is 5.91 Å². The summed E-state index contributed by atoms with van der Waals surface area (Å²) in [5.74, 6) is 1.38. The number of carbonyl (C=O) groups excluding carboxylic acids is 1. The van der Waals surface area contributed by atoms with Crippen LogP contribution in [0.1, 0.15) is 29.2 Å². The molecule has 0 saturated heterocycles. The second kappa shape index (κ2) is 7.90. The number of rotatable bonds is 7. The van der Waals surface area contributed by atoms with Gasteiger partial charge in [-0.2, -0.15) is 10.2 Å². The molecule has 3 heterocycles. The monoisotopic (exact) mass is 353 g/mol. The van der Waals surface area contributed by atoms with E-state index >= 15 is 0 Å². The third-order valence-electron chi connectivity index (χ3n) is 4.40. The fourth-order valence-corrected chi connectivity index (χ4v) is 2.86. The number of aromatic amines is 1. The van der Waals surface area contributed by atoms with E-state index < -0.39 is 0 Å². The third kappa shape index (κ3) is 4.14. The van der Waals surface area contributed by atoms with Gasteiger partial charge in [0.25, 0.3) is 0 Å². The summed E-state index contributed by atoms with van der Waals surface area (Å²) in [6, 6.07) is 3.75. The summed E-state index contributed by atoms with van der Waals surface area (Å²) in [6.45, 7) is 4.52. The van der Waals surface area contributed by atoms with Gasteiger partial charge in [0.15, 0.2) is 5.82 Å². The minimum atomic E-state index is 0.0275. The minimum absolute atomic E-state index is 0.0275. The number of amides is 1. The molecule has 0 radical (unpaired) electrons.